The van der Waals surface area contributed by atoms with Gasteiger partial charge in [-0.3, -0.25) is 4.18 Å². The molecule has 1 aromatic rings. The first-order chi connectivity index (χ1) is 7.72. The van der Waals surface area contributed by atoms with Gasteiger partial charge in [0.25, 0.3) is 0 Å². The van der Waals surface area contributed by atoms with Gasteiger partial charge in [-0.2, -0.15) is 8.42 Å². The Kier molecular flexibility index (Phi) is 4.77. The first kappa shape index (κ1) is 14.7. The van der Waals surface area contributed by atoms with E-state index in [1.807, 2.05) is 0 Å². The van der Waals surface area contributed by atoms with Gasteiger partial charge in [-0.1, -0.05) is 29.3 Å². The lowest BCUT2D eigenvalue weighted by molar-refractivity contribution is 0.0509. The zero-order valence-corrected chi connectivity index (χ0v) is 11.1. The highest BCUT2D eigenvalue weighted by Gasteiger charge is 2.25. The first-order valence-electron chi connectivity index (χ1n) is 4.55. The van der Waals surface area contributed by atoms with E-state index in [2.05, 4.69) is 4.18 Å². The van der Waals surface area contributed by atoms with Crippen molar-refractivity contribution >= 4 is 33.5 Å². The molecule has 96 valence electrons. The van der Waals surface area contributed by atoms with E-state index in [0.29, 0.717) is 0 Å². The largest absolute Gasteiger partial charge is 0.386 e. The lowest BCUT2D eigenvalue weighted by Gasteiger charge is -2.20. The minimum absolute atomic E-state index is 0.201. The molecule has 2 atom stereocenters. The molecule has 0 aromatic heterocycles. The second-order valence-electron chi connectivity index (χ2n) is 3.37. The Hall–Kier alpha value is -0.370. The molecule has 0 bridgehead atoms. The number of rotatable bonds is 4. The summed E-state index contributed by atoms with van der Waals surface area (Å²) in [6.45, 7) is 1.34. The monoisotopic (exact) mass is 299 g/mol. The summed E-state index contributed by atoms with van der Waals surface area (Å²) in [6, 6.07) is 4.65. The van der Waals surface area contributed by atoms with Crippen molar-refractivity contribution in [3.05, 3.63) is 33.8 Å². The second kappa shape index (κ2) is 5.51. The van der Waals surface area contributed by atoms with Crippen LogP contribution >= 0.6 is 23.2 Å². The molecule has 17 heavy (non-hydrogen) atoms. The lowest BCUT2D eigenvalue weighted by atomic mass is 10.1. The number of benzene rings is 1. The summed E-state index contributed by atoms with van der Waals surface area (Å²) in [5.41, 5.74) is 0.201. The van der Waals surface area contributed by atoms with Crippen LogP contribution in [0.4, 0.5) is 0 Å². The quantitative estimate of drug-likeness (QED) is 0.884. The van der Waals surface area contributed by atoms with Crippen LogP contribution in [0.1, 0.15) is 18.6 Å². The molecule has 3 N–H and O–H groups in total. The van der Waals surface area contributed by atoms with Crippen LogP contribution in [-0.2, 0) is 14.5 Å². The van der Waals surface area contributed by atoms with E-state index < -0.39 is 22.5 Å². The van der Waals surface area contributed by atoms with E-state index in [9.17, 15) is 13.5 Å². The maximum atomic E-state index is 10.7. The molecule has 0 aliphatic carbocycles. The third-order valence-electron chi connectivity index (χ3n) is 2.03. The Labute approximate surface area is 109 Å². The van der Waals surface area contributed by atoms with Crippen LogP contribution in [0.25, 0.3) is 0 Å². The van der Waals surface area contributed by atoms with E-state index in [1.54, 1.807) is 6.07 Å². The van der Waals surface area contributed by atoms with E-state index in [0.717, 1.165) is 0 Å². The highest BCUT2D eigenvalue weighted by molar-refractivity contribution is 7.84. The maximum Gasteiger partial charge on any atom is 0.333 e. The van der Waals surface area contributed by atoms with Crippen LogP contribution in [0.2, 0.25) is 10.0 Å². The molecular weight excluding hydrogens is 289 g/mol. The van der Waals surface area contributed by atoms with Crippen molar-refractivity contribution < 1.29 is 17.7 Å². The summed E-state index contributed by atoms with van der Waals surface area (Å²) in [7, 11) is -4.15. The van der Waals surface area contributed by atoms with Crippen LogP contribution in [0, 0.1) is 0 Å². The van der Waals surface area contributed by atoms with Crippen molar-refractivity contribution in [1.29, 1.82) is 0 Å². The molecular formula is C9H11Cl2NO4S. The zero-order chi connectivity index (χ0) is 13.2. The number of hydrogen-bond donors (Lipinski definition) is 2. The predicted octanol–water partition coefficient (Wildman–Crippen LogP) is 1.64. The molecule has 0 aliphatic rings. The minimum Gasteiger partial charge on any atom is -0.386 e. The topological polar surface area (TPSA) is 89.6 Å². The van der Waals surface area contributed by atoms with Crippen molar-refractivity contribution in [2.45, 2.75) is 19.1 Å². The first-order valence-corrected chi connectivity index (χ1v) is 6.78. The summed E-state index contributed by atoms with van der Waals surface area (Å²) in [5, 5.41) is 15.0. The van der Waals surface area contributed by atoms with Crippen LogP contribution in [0.15, 0.2) is 18.2 Å². The molecule has 0 saturated carbocycles. The molecule has 1 rings (SSSR count). The van der Waals surface area contributed by atoms with Gasteiger partial charge in [0.05, 0.1) is 0 Å². The fourth-order valence-electron chi connectivity index (χ4n) is 1.29. The SMILES string of the molecule is C[C@@H](OS(N)(=O)=O)[C@@H](O)c1c(Cl)cccc1Cl. The third kappa shape index (κ3) is 4.09. The van der Waals surface area contributed by atoms with E-state index in [4.69, 9.17) is 28.3 Å². The Morgan fingerprint density at radius 2 is 1.82 bits per heavy atom. The summed E-state index contributed by atoms with van der Waals surface area (Å²) in [6.07, 6.45) is -2.39. The number of nitrogens with two attached hydrogens (primary N) is 1. The fourth-order valence-corrected chi connectivity index (χ4v) is 2.44. The Morgan fingerprint density at radius 1 is 1.35 bits per heavy atom. The molecule has 0 aliphatic heterocycles. The molecule has 0 unspecified atom stereocenters. The van der Waals surface area contributed by atoms with E-state index in [-0.39, 0.29) is 15.6 Å². The molecule has 5 nitrogen and oxygen atoms in total. The van der Waals surface area contributed by atoms with Gasteiger partial charge in [-0.25, -0.2) is 5.14 Å². The molecule has 0 fully saturated rings. The Bertz CT molecular complexity index is 485. The Morgan fingerprint density at radius 3 is 2.24 bits per heavy atom. The third-order valence-corrected chi connectivity index (χ3v) is 3.26. The van der Waals surface area contributed by atoms with Gasteiger partial charge in [0, 0.05) is 15.6 Å². The molecule has 0 spiro atoms. The minimum atomic E-state index is -4.15. The van der Waals surface area contributed by atoms with Gasteiger partial charge < -0.3 is 5.11 Å². The average molecular weight is 300 g/mol. The maximum absolute atomic E-state index is 10.7. The molecule has 0 saturated heterocycles. The predicted molar refractivity (Wildman–Crippen MR) is 65.1 cm³/mol. The van der Waals surface area contributed by atoms with Gasteiger partial charge in [0.15, 0.2) is 0 Å². The highest BCUT2D eigenvalue weighted by Crippen LogP contribution is 2.32. The van der Waals surface area contributed by atoms with Crippen molar-refractivity contribution in [2.24, 2.45) is 5.14 Å². The van der Waals surface area contributed by atoms with Crippen LogP contribution in [0.3, 0.4) is 0 Å². The van der Waals surface area contributed by atoms with Crippen molar-refractivity contribution in [3.8, 4) is 0 Å². The summed E-state index contributed by atoms with van der Waals surface area (Å²) in [4.78, 5) is 0. The van der Waals surface area contributed by atoms with Gasteiger partial charge >= 0.3 is 10.3 Å². The summed E-state index contributed by atoms with van der Waals surface area (Å²) < 4.78 is 25.9. The van der Waals surface area contributed by atoms with Crippen LogP contribution in [-0.4, -0.2) is 19.6 Å². The van der Waals surface area contributed by atoms with E-state index >= 15 is 0 Å². The summed E-state index contributed by atoms with van der Waals surface area (Å²) in [5.74, 6) is 0. The second-order valence-corrected chi connectivity index (χ2v) is 5.37. The zero-order valence-electron chi connectivity index (χ0n) is 8.80. The standard InChI is InChI=1S/C9H11Cl2NO4S/c1-5(16-17(12,14)15)9(13)8-6(10)3-2-4-7(8)11/h2-5,9,13H,1H3,(H2,12,14,15)/t5-,9-/m1/s1. The molecule has 0 amide bonds. The number of aliphatic hydroxyl groups excluding tert-OH is 1. The van der Waals surface area contributed by atoms with Gasteiger partial charge in [0.1, 0.15) is 12.2 Å². The number of hydrogen-bond acceptors (Lipinski definition) is 4. The number of halogens is 2. The van der Waals surface area contributed by atoms with Gasteiger partial charge in [-0.15, -0.1) is 0 Å². The van der Waals surface area contributed by atoms with Crippen molar-refractivity contribution in [1.82, 2.24) is 0 Å². The van der Waals surface area contributed by atoms with Crippen molar-refractivity contribution in [2.75, 3.05) is 0 Å². The van der Waals surface area contributed by atoms with Crippen LogP contribution in [0.5, 0.6) is 0 Å². The highest BCUT2D eigenvalue weighted by atomic mass is 35.5. The van der Waals surface area contributed by atoms with Crippen molar-refractivity contribution in [3.63, 3.8) is 0 Å². The lowest BCUT2D eigenvalue weighted by Crippen LogP contribution is -2.27. The Balaban J connectivity index is 3.00. The van der Waals surface area contributed by atoms with E-state index in [1.165, 1.54) is 19.1 Å². The van der Waals surface area contributed by atoms with Crippen LogP contribution < -0.4 is 5.14 Å². The number of aliphatic hydroxyl groups is 1. The smallest absolute Gasteiger partial charge is 0.333 e. The normalized spacial score (nSPS) is 15.6. The molecule has 8 heteroatoms. The average Bonchev–Trinajstić information content (AvgIpc) is 2.14. The van der Waals surface area contributed by atoms with Gasteiger partial charge in [0.2, 0.25) is 0 Å². The summed E-state index contributed by atoms with van der Waals surface area (Å²) >= 11 is 11.7. The molecule has 0 radical (unpaired) electrons. The fraction of sp³-hybridized carbons (Fsp3) is 0.333. The van der Waals surface area contributed by atoms with Gasteiger partial charge in [-0.05, 0) is 19.1 Å². The molecule has 1 aromatic carbocycles. The molecule has 0 heterocycles.